The summed E-state index contributed by atoms with van der Waals surface area (Å²) in [6.45, 7) is 6.04. The average Bonchev–Trinajstić information content (AvgIpc) is 2.80. The van der Waals surface area contributed by atoms with Gasteiger partial charge in [-0.25, -0.2) is 0 Å². The first-order valence-electron chi connectivity index (χ1n) is 11.8. The quantitative estimate of drug-likeness (QED) is 0.343. The van der Waals surface area contributed by atoms with Gasteiger partial charge in [0.25, 0.3) is 0 Å². The monoisotopic (exact) mass is 549 g/mol. The lowest BCUT2D eigenvalue weighted by Crippen LogP contribution is -2.35. The van der Waals surface area contributed by atoms with Crippen molar-refractivity contribution in [1.82, 2.24) is 5.32 Å². The molecule has 2 atom stereocenters. The number of benzene rings is 2. The van der Waals surface area contributed by atoms with Crippen LogP contribution in [0.5, 0.6) is 5.75 Å². The Hall–Kier alpha value is -2.23. The molecule has 0 bridgehead atoms. The van der Waals surface area contributed by atoms with Crippen LogP contribution in [0.1, 0.15) is 68.4 Å². The maximum atomic E-state index is 13.3. The zero-order valence-corrected chi connectivity index (χ0v) is 21.7. The number of ether oxygens (including phenoxy) is 1. The molecule has 2 aromatic rings. The fraction of sp³-hybridized carbons (Fsp3) is 0.481. The van der Waals surface area contributed by atoms with E-state index in [1.54, 1.807) is 19.2 Å². The molecule has 0 aromatic heterocycles. The van der Waals surface area contributed by atoms with E-state index in [1.165, 1.54) is 6.92 Å². The molecular weight excluding hydrogens is 520 g/mol. The van der Waals surface area contributed by atoms with Gasteiger partial charge in [0.05, 0.1) is 24.3 Å². The highest BCUT2D eigenvalue weighted by atomic mass is 35.5. The van der Waals surface area contributed by atoms with Crippen molar-refractivity contribution in [2.75, 3.05) is 13.7 Å². The molecule has 37 heavy (non-hydrogen) atoms. The fourth-order valence-electron chi connectivity index (χ4n) is 4.66. The van der Waals surface area contributed by atoms with Crippen molar-refractivity contribution in [3.8, 4) is 5.75 Å². The van der Waals surface area contributed by atoms with Crippen LogP contribution in [-0.4, -0.2) is 24.8 Å². The van der Waals surface area contributed by atoms with Crippen LogP contribution in [0.3, 0.4) is 0 Å². The Kier molecular flexibility index (Phi) is 8.61. The Morgan fingerprint density at radius 1 is 1.03 bits per heavy atom. The van der Waals surface area contributed by atoms with Gasteiger partial charge in [0.1, 0.15) is 5.75 Å². The van der Waals surface area contributed by atoms with E-state index < -0.39 is 41.2 Å². The minimum Gasteiger partial charge on any atom is -0.496 e. The zero-order valence-electron chi connectivity index (χ0n) is 20.9. The summed E-state index contributed by atoms with van der Waals surface area (Å²) in [5, 5.41) is 14.4. The molecule has 2 aromatic carbocycles. The van der Waals surface area contributed by atoms with Crippen LogP contribution < -0.4 is 10.1 Å². The molecule has 0 amide bonds. The van der Waals surface area contributed by atoms with Gasteiger partial charge < -0.3 is 15.2 Å². The summed E-state index contributed by atoms with van der Waals surface area (Å²) in [5.74, 6) is 0.647. The molecule has 10 heteroatoms. The van der Waals surface area contributed by atoms with Crippen LogP contribution >= 0.6 is 11.6 Å². The zero-order chi connectivity index (χ0) is 27.8. The first-order valence-corrected chi connectivity index (χ1v) is 12.2. The third kappa shape index (κ3) is 7.21. The van der Waals surface area contributed by atoms with Crippen molar-refractivity contribution in [3.05, 3.63) is 69.2 Å². The Labute approximate surface area is 217 Å². The van der Waals surface area contributed by atoms with Crippen molar-refractivity contribution in [2.24, 2.45) is 5.41 Å². The second-order valence-electron chi connectivity index (χ2n) is 10.2. The van der Waals surface area contributed by atoms with Crippen molar-refractivity contribution < 1.29 is 36.2 Å². The predicted molar refractivity (Wildman–Crippen MR) is 131 cm³/mol. The van der Waals surface area contributed by atoms with E-state index >= 15 is 0 Å². The summed E-state index contributed by atoms with van der Waals surface area (Å²) < 4.78 is 85.1. The summed E-state index contributed by atoms with van der Waals surface area (Å²) in [5.41, 5.74) is -0.537. The van der Waals surface area contributed by atoms with E-state index in [4.69, 9.17) is 16.3 Å². The molecule has 0 heterocycles. The number of alkyl halides is 6. The lowest BCUT2D eigenvalue weighted by atomic mass is 9.72. The Bertz CT molecular complexity index is 1120. The molecule has 3 nitrogen and oxygen atoms in total. The number of methoxy groups -OCH3 is 1. The van der Waals surface area contributed by atoms with E-state index in [-0.39, 0.29) is 18.0 Å². The topological polar surface area (TPSA) is 41.5 Å². The Morgan fingerprint density at radius 3 is 2.16 bits per heavy atom. The number of hydrogen-bond acceptors (Lipinski definition) is 3. The number of allylic oxidation sites excluding steroid dienone is 1. The summed E-state index contributed by atoms with van der Waals surface area (Å²) in [6.07, 6.45) is -9.24. The fourth-order valence-corrected chi connectivity index (χ4v) is 4.83. The molecule has 0 spiro atoms. The number of aliphatic hydroxyl groups excluding tert-OH is 1. The van der Waals surface area contributed by atoms with Crippen LogP contribution in [-0.2, 0) is 12.4 Å². The van der Waals surface area contributed by atoms with E-state index in [0.717, 1.165) is 29.6 Å². The number of hydrogen-bond donors (Lipinski definition) is 2. The van der Waals surface area contributed by atoms with Gasteiger partial charge in [0.2, 0.25) is 0 Å². The molecule has 0 saturated carbocycles. The average molecular weight is 550 g/mol. The maximum Gasteiger partial charge on any atom is 0.416 e. The lowest BCUT2D eigenvalue weighted by Gasteiger charge is -2.35. The van der Waals surface area contributed by atoms with Crippen molar-refractivity contribution in [1.29, 1.82) is 0 Å². The van der Waals surface area contributed by atoms with Crippen LogP contribution in [0.4, 0.5) is 26.3 Å². The van der Waals surface area contributed by atoms with Gasteiger partial charge in [-0.3, -0.25) is 0 Å². The third-order valence-corrected chi connectivity index (χ3v) is 6.95. The molecular formula is C27H30ClF6NO2. The molecule has 204 valence electrons. The number of nitrogens with one attached hydrogen (secondary N) is 1. The number of aliphatic hydroxyl groups is 1. The van der Waals surface area contributed by atoms with Crippen molar-refractivity contribution in [2.45, 2.75) is 64.5 Å². The second-order valence-corrected chi connectivity index (χ2v) is 10.7. The van der Waals surface area contributed by atoms with Gasteiger partial charge >= 0.3 is 12.4 Å². The highest BCUT2D eigenvalue weighted by Crippen LogP contribution is 2.45. The van der Waals surface area contributed by atoms with Gasteiger partial charge in [-0.2, -0.15) is 26.3 Å². The van der Waals surface area contributed by atoms with E-state index in [1.807, 2.05) is 6.07 Å². The Morgan fingerprint density at radius 2 is 1.62 bits per heavy atom. The molecule has 1 aliphatic carbocycles. The largest absolute Gasteiger partial charge is 0.496 e. The first kappa shape index (κ1) is 29.3. The number of halogens is 7. The van der Waals surface area contributed by atoms with Gasteiger partial charge in [0.15, 0.2) is 0 Å². The minimum atomic E-state index is -4.99. The van der Waals surface area contributed by atoms with Crippen LogP contribution in [0.15, 0.2) is 42.0 Å². The van der Waals surface area contributed by atoms with Crippen LogP contribution in [0.2, 0.25) is 5.02 Å². The van der Waals surface area contributed by atoms with Gasteiger partial charge in [-0.15, -0.1) is 0 Å². The summed E-state index contributed by atoms with van der Waals surface area (Å²) in [6, 6.07) is 5.63. The second kappa shape index (κ2) is 10.9. The van der Waals surface area contributed by atoms with Crippen molar-refractivity contribution in [3.63, 3.8) is 0 Å². The highest BCUT2D eigenvalue weighted by Gasteiger charge is 2.38. The molecule has 0 aliphatic heterocycles. The standard InChI is InChI=1S/C27H30ClF6NO2/c1-15(24(36)16-9-18(26(29,30)31)11-19(10-16)27(32,33)34)35-14-17-13-25(2,3)8-7-21(17)22-12-20(28)5-6-23(22)37-4/h5-6,9-12,15,24,35-36H,7-8,13-14H2,1-4H3/t15-,24-/m0/s1. The summed E-state index contributed by atoms with van der Waals surface area (Å²) in [4.78, 5) is 0. The van der Waals surface area contributed by atoms with E-state index in [9.17, 15) is 31.4 Å². The lowest BCUT2D eigenvalue weighted by molar-refractivity contribution is -0.143. The maximum absolute atomic E-state index is 13.3. The highest BCUT2D eigenvalue weighted by molar-refractivity contribution is 6.30. The molecule has 2 N–H and O–H groups in total. The van der Waals surface area contributed by atoms with Gasteiger partial charge in [-0.1, -0.05) is 31.0 Å². The molecule has 3 rings (SSSR count). The van der Waals surface area contributed by atoms with E-state index in [2.05, 4.69) is 19.2 Å². The molecule has 0 unspecified atom stereocenters. The molecule has 0 saturated heterocycles. The van der Waals surface area contributed by atoms with Crippen LogP contribution in [0.25, 0.3) is 5.57 Å². The first-order chi connectivity index (χ1) is 17.0. The predicted octanol–water partition coefficient (Wildman–Crippen LogP) is 8.06. The third-order valence-electron chi connectivity index (χ3n) is 6.72. The Balaban J connectivity index is 1.91. The van der Waals surface area contributed by atoms with Gasteiger partial charge in [-0.05, 0) is 79.1 Å². The normalized spacial score (nSPS) is 18.1. The smallest absolute Gasteiger partial charge is 0.416 e. The van der Waals surface area contributed by atoms with Crippen molar-refractivity contribution >= 4 is 17.2 Å². The van der Waals surface area contributed by atoms with E-state index in [0.29, 0.717) is 29.3 Å². The number of rotatable bonds is 7. The molecule has 1 aliphatic rings. The SMILES string of the molecule is COc1ccc(Cl)cc1C1=C(CN[C@@H](C)[C@H](O)c2cc(C(F)(F)F)cc(C(F)(F)F)c2)CC(C)(C)CC1. The van der Waals surface area contributed by atoms with Crippen LogP contribution in [0, 0.1) is 5.41 Å². The molecule has 0 radical (unpaired) electrons. The summed E-state index contributed by atoms with van der Waals surface area (Å²) in [7, 11) is 1.56. The summed E-state index contributed by atoms with van der Waals surface area (Å²) >= 11 is 6.24. The van der Waals surface area contributed by atoms with Gasteiger partial charge in [0, 0.05) is 23.2 Å². The molecule has 0 fully saturated rings. The minimum absolute atomic E-state index is 0.0170.